The maximum absolute atomic E-state index is 12.8. The van der Waals surface area contributed by atoms with Gasteiger partial charge in [-0.15, -0.1) is 0 Å². The highest BCUT2D eigenvalue weighted by Gasteiger charge is 2.25. The summed E-state index contributed by atoms with van der Waals surface area (Å²) in [5, 5.41) is 12.9. The van der Waals surface area contributed by atoms with Crippen LogP contribution in [0.25, 0.3) is 11.3 Å². The standard InChI is InChI=1S/C27H33N5O2/c1-2-23(27(34)29-25-17-24(30-31-25)22-13-7-4-8-14-22)28-26(33)16-21-12-9-15-32(19-21)18-20-10-5-3-6-11-20/h3-8,10-11,13-14,17,21,23H,2,9,12,15-16,18-19H2,1H3,(H,28,33)(H2,29,30,31,34). The molecular weight excluding hydrogens is 426 g/mol. The van der Waals surface area contributed by atoms with Gasteiger partial charge in [0.25, 0.3) is 0 Å². The number of anilines is 1. The molecule has 2 heterocycles. The minimum absolute atomic E-state index is 0.0665. The van der Waals surface area contributed by atoms with Gasteiger partial charge in [0.15, 0.2) is 0 Å². The van der Waals surface area contributed by atoms with E-state index >= 15 is 0 Å². The monoisotopic (exact) mass is 459 g/mol. The van der Waals surface area contributed by atoms with E-state index in [0.717, 1.165) is 43.7 Å². The van der Waals surface area contributed by atoms with E-state index in [2.05, 4.69) is 50.0 Å². The molecule has 4 rings (SSSR count). The number of hydrogen-bond donors (Lipinski definition) is 3. The molecule has 1 saturated heterocycles. The van der Waals surface area contributed by atoms with E-state index in [1.807, 2.05) is 43.3 Å². The molecular formula is C27H33N5O2. The molecule has 7 nitrogen and oxygen atoms in total. The summed E-state index contributed by atoms with van der Waals surface area (Å²) in [5.74, 6) is 0.510. The summed E-state index contributed by atoms with van der Waals surface area (Å²) < 4.78 is 0. The Morgan fingerprint density at radius 2 is 1.85 bits per heavy atom. The summed E-state index contributed by atoms with van der Waals surface area (Å²) in [6.07, 6.45) is 3.09. The van der Waals surface area contributed by atoms with Crippen molar-refractivity contribution in [3.05, 3.63) is 72.3 Å². The summed E-state index contributed by atoms with van der Waals surface area (Å²) in [4.78, 5) is 28.0. The topological polar surface area (TPSA) is 90.1 Å². The van der Waals surface area contributed by atoms with Crippen molar-refractivity contribution in [1.82, 2.24) is 20.4 Å². The average Bonchev–Trinajstić information content (AvgIpc) is 3.32. The number of carbonyl (C=O) groups is 2. The summed E-state index contributed by atoms with van der Waals surface area (Å²) in [7, 11) is 0. The first kappa shape index (κ1) is 23.7. The molecule has 0 bridgehead atoms. The third-order valence-corrected chi connectivity index (χ3v) is 6.29. The zero-order valence-corrected chi connectivity index (χ0v) is 19.7. The molecule has 2 amide bonds. The van der Waals surface area contributed by atoms with E-state index in [1.165, 1.54) is 5.56 Å². The van der Waals surface area contributed by atoms with Gasteiger partial charge in [-0.1, -0.05) is 67.6 Å². The Bertz CT molecular complexity index is 1070. The molecule has 7 heteroatoms. The Hall–Kier alpha value is -3.45. The minimum atomic E-state index is -0.583. The van der Waals surface area contributed by atoms with Gasteiger partial charge in [-0.2, -0.15) is 5.10 Å². The second-order valence-electron chi connectivity index (χ2n) is 8.98. The summed E-state index contributed by atoms with van der Waals surface area (Å²) in [6, 6.07) is 21.4. The predicted octanol–water partition coefficient (Wildman–Crippen LogP) is 4.21. The lowest BCUT2D eigenvalue weighted by atomic mass is 9.94. The van der Waals surface area contributed by atoms with Gasteiger partial charge in [0.2, 0.25) is 11.8 Å². The second-order valence-corrected chi connectivity index (χ2v) is 8.98. The lowest BCUT2D eigenvalue weighted by Crippen LogP contribution is -2.45. The van der Waals surface area contributed by atoms with Crippen LogP contribution < -0.4 is 10.6 Å². The number of H-pyrrole nitrogens is 1. The van der Waals surface area contributed by atoms with Gasteiger partial charge >= 0.3 is 0 Å². The molecule has 34 heavy (non-hydrogen) atoms. The Balaban J connectivity index is 1.27. The van der Waals surface area contributed by atoms with Crippen LogP contribution in [0.15, 0.2) is 66.7 Å². The van der Waals surface area contributed by atoms with Crippen LogP contribution in [0.5, 0.6) is 0 Å². The molecule has 0 aliphatic carbocycles. The smallest absolute Gasteiger partial charge is 0.248 e. The average molecular weight is 460 g/mol. The Kier molecular flexibility index (Phi) is 8.09. The van der Waals surface area contributed by atoms with Crippen LogP contribution in [0.1, 0.15) is 38.2 Å². The van der Waals surface area contributed by atoms with Gasteiger partial charge in [-0.05, 0) is 37.3 Å². The zero-order valence-electron chi connectivity index (χ0n) is 19.7. The number of nitrogens with zero attached hydrogens (tertiary/aromatic N) is 2. The summed E-state index contributed by atoms with van der Waals surface area (Å²) in [6.45, 7) is 4.77. The number of piperidine rings is 1. The Morgan fingerprint density at radius 3 is 2.59 bits per heavy atom. The fourth-order valence-corrected chi connectivity index (χ4v) is 4.53. The molecule has 1 aliphatic rings. The largest absolute Gasteiger partial charge is 0.344 e. The van der Waals surface area contributed by atoms with Crippen molar-refractivity contribution in [2.24, 2.45) is 5.92 Å². The highest BCUT2D eigenvalue weighted by molar-refractivity contribution is 5.96. The number of aromatic nitrogens is 2. The minimum Gasteiger partial charge on any atom is -0.344 e. The number of rotatable bonds is 9. The van der Waals surface area contributed by atoms with E-state index in [0.29, 0.717) is 24.6 Å². The van der Waals surface area contributed by atoms with Crippen molar-refractivity contribution in [3.8, 4) is 11.3 Å². The molecule has 0 spiro atoms. The maximum atomic E-state index is 12.8. The Labute approximate surface area is 200 Å². The first-order chi connectivity index (χ1) is 16.6. The number of hydrogen-bond acceptors (Lipinski definition) is 4. The van der Waals surface area contributed by atoms with Crippen LogP contribution in [-0.2, 0) is 16.1 Å². The van der Waals surface area contributed by atoms with Gasteiger partial charge in [0, 0.05) is 31.1 Å². The van der Waals surface area contributed by atoms with Gasteiger partial charge in [0.1, 0.15) is 11.9 Å². The number of nitrogens with one attached hydrogen (secondary N) is 3. The third-order valence-electron chi connectivity index (χ3n) is 6.29. The normalized spacial score (nSPS) is 17.1. The lowest BCUT2D eigenvalue weighted by Gasteiger charge is -2.32. The summed E-state index contributed by atoms with van der Waals surface area (Å²) in [5.41, 5.74) is 3.02. The van der Waals surface area contributed by atoms with Gasteiger partial charge < -0.3 is 10.6 Å². The van der Waals surface area contributed by atoms with Gasteiger partial charge in [-0.3, -0.25) is 19.6 Å². The SMILES string of the molecule is CCC(NC(=O)CC1CCCN(Cc2ccccc2)C1)C(=O)Nc1cc(-c2ccccc2)n[nH]1. The molecule has 1 aliphatic heterocycles. The molecule has 3 aromatic rings. The second kappa shape index (κ2) is 11.6. The lowest BCUT2D eigenvalue weighted by molar-refractivity contribution is -0.127. The fraction of sp³-hybridized carbons (Fsp3) is 0.370. The van der Waals surface area contributed by atoms with E-state index in [-0.39, 0.29) is 11.8 Å². The van der Waals surface area contributed by atoms with Crippen molar-refractivity contribution in [2.75, 3.05) is 18.4 Å². The van der Waals surface area contributed by atoms with E-state index in [1.54, 1.807) is 6.07 Å². The van der Waals surface area contributed by atoms with Gasteiger partial charge in [-0.25, -0.2) is 0 Å². The molecule has 2 aromatic carbocycles. The van der Waals surface area contributed by atoms with Crippen LogP contribution >= 0.6 is 0 Å². The van der Waals surface area contributed by atoms with E-state index in [9.17, 15) is 9.59 Å². The zero-order chi connectivity index (χ0) is 23.8. The van der Waals surface area contributed by atoms with Crippen LogP contribution in [0, 0.1) is 5.92 Å². The molecule has 2 atom stereocenters. The van der Waals surface area contributed by atoms with E-state index in [4.69, 9.17) is 0 Å². The molecule has 0 radical (unpaired) electrons. The first-order valence-electron chi connectivity index (χ1n) is 12.1. The van der Waals surface area contributed by atoms with Crippen LogP contribution in [0.3, 0.4) is 0 Å². The first-order valence-corrected chi connectivity index (χ1v) is 12.1. The number of benzene rings is 2. The quantitative estimate of drug-likeness (QED) is 0.447. The third kappa shape index (κ3) is 6.54. The highest BCUT2D eigenvalue weighted by atomic mass is 16.2. The van der Waals surface area contributed by atoms with Crippen LogP contribution in [0.4, 0.5) is 5.82 Å². The fourth-order valence-electron chi connectivity index (χ4n) is 4.53. The van der Waals surface area contributed by atoms with Crippen LogP contribution in [0.2, 0.25) is 0 Å². The highest BCUT2D eigenvalue weighted by Crippen LogP contribution is 2.22. The summed E-state index contributed by atoms with van der Waals surface area (Å²) >= 11 is 0. The molecule has 1 aromatic heterocycles. The predicted molar refractivity (Wildman–Crippen MR) is 134 cm³/mol. The maximum Gasteiger partial charge on any atom is 0.248 e. The van der Waals surface area contributed by atoms with E-state index < -0.39 is 6.04 Å². The number of amides is 2. The molecule has 2 unspecified atom stereocenters. The van der Waals surface area contributed by atoms with Crippen molar-refractivity contribution < 1.29 is 9.59 Å². The molecule has 178 valence electrons. The molecule has 3 N–H and O–H groups in total. The van der Waals surface area contributed by atoms with Crippen molar-refractivity contribution in [2.45, 2.75) is 45.2 Å². The number of aromatic amines is 1. The number of carbonyl (C=O) groups excluding carboxylic acids is 2. The number of likely N-dealkylation sites (tertiary alicyclic amines) is 1. The molecule has 1 fully saturated rings. The Morgan fingerprint density at radius 1 is 1.12 bits per heavy atom. The molecule has 0 saturated carbocycles. The van der Waals surface area contributed by atoms with Crippen molar-refractivity contribution in [1.29, 1.82) is 0 Å². The van der Waals surface area contributed by atoms with Crippen molar-refractivity contribution >= 4 is 17.6 Å². The van der Waals surface area contributed by atoms with Crippen LogP contribution in [-0.4, -0.2) is 46.0 Å². The van der Waals surface area contributed by atoms with Gasteiger partial charge in [0.05, 0.1) is 5.69 Å². The van der Waals surface area contributed by atoms with Crippen molar-refractivity contribution in [3.63, 3.8) is 0 Å².